The van der Waals surface area contributed by atoms with Gasteiger partial charge in [-0.15, -0.1) is 0 Å². The van der Waals surface area contributed by atoms with Crippen molar-refractivity contribution in [3.63, 3.8) is 0 Å². The normalized spacial score (nSPS) is 10.2. The number of halogens is 2. The predicted octanol–water partition coefficient (Wildman–Crippen LogP) is 3.69. The number of carbonyl (C=O) groups excluding carboxylic acids is 1. The largest absolute Gasteiger partial charge is 0.507 e. The van der Waals surface area contributed by atoms with Crippen LogP contribution in [0.5, 0.6) is 5.75 Å². The van der Waals surface area contributed by atoms with E-state index in [-0.39, 0.29) is 16.3 Å². The first-order valence-electron chi connectivity index (χ1n) is 5.77. The number of nitrogens with two attached hydrogens (primary N) is 1. The standard InChI is InChI=1S/C14H10BrClN2O2S/c15-7-1-3-10(12(19)5-7)14(20)18-11-6-8(16)2-4-9(11)13(17)21/h1-6,19H,(H2,17,21)(H,18,20). The topological polar surface area (TPSA) is 75.3 Å². The van der Waals surface area contributed by atoms with Crippen LogP contribution in [0.3, 0.4) is 0 Å². The van der Waals surface area contributed by atoms with Gasteiger partial charge in [-0.25, -0.2) is 0 Å². The van der Waals surface area contributed by atoms with Gasteiger partial charge in [0.25, 0.3) is 5.91 Å². The number of aromatic hydroxyl groups is 1. The Hall–Kier alpha value is -1.63. The number of benzene rings is 2. The van der Waals surface area contributed by atoms with Gasteiger partial charge in [0, 0.05) is 15.1 Å². The van der Waals surface area contributed by atoms with Gasteiger partial charge in [0.15, 0.2) is 0 Å². The second kappa shape index (κ2) is 6.43. The highest BCUT2D eigenvalue weighted by atomic mass is 79.9. The molecule has 0 saturated carbocycles. The van der Waals surface area contributed by atoms with E-state index < -0.39 is 5.91 Å². The van der Waals surface area contributed by atoms with Crippen LogP contribution in [-0.4, -0.2) is 16.0 Å². The fourth-order valence-electron chi connectivity index (χ4n) is 1.72. The summed E-state index contributed by atoms with van der Waals surface area (Å²) in [5.74, 6) is -0.624. The Morgan fingerprint density at radius 2 is 1.90 bits per heavy atom. The highest BCUT2D eigenvalue weighted by Gasteiger charge is 2.14. The number of carbonyl (C=O) groups is 1. The first-order valence-corrected chi connectivity index (χ1v) is 7.35. The first-order chi connectivity index (χ1) is 9.88. The molecule has 0 fully saturated rings. The van der Waals surface area contributed by atoms with Crippen molar-refractivity contribution in [2.75, 3.05) is 5.32 Å². The van der Waals surface area contributed by atoms with Crippen molar-refractivity contribution in [2.24, 2.45) is 5.73 Å². The van der Waals surface area contributed by atoms with Crippen molar-refractivity contribution >= 4 is 56.3 Å². The highest BCUT2D eigenvalue weighted by Crippen LogP contribution is 2.25. The van der Waals surface area contributed by atoms with Crippen LogP contribution in [0.15, 0.2) is 40.9 Å². The number of phenols is 1. The van der Waals surface area contributed by atoms with Gasteiger partial charge in [-0.05, 0) is 36.4 Å². The molecule has 0 unspecified atom stereocenters. The van der Waals surface area contributed by atoms with E-state index >= 15 is 0 Å². The zero-order chi connectivity index (χ0) is 15.6. The van der Waals surface area contributed by atoms with Crippen molar-refractivity contribution in [3.8, 4) is 5.75 Å². The molecule has 21 heavy (non-hydrogen) atoms. The van der Waals surface area contributed by atoms with Crippen molar-refractivity contribution in [2.45, 2.75) is 0 Å². The molecule has 1 amide bonds. The quantitative estimate of drug-likeness (QED) is 0.704. The number of anilines is 1. The smallest absolute Gasteiger partial charge is 0.259 e. The fraction of sp³-hybridized carbons (Fsp3) is 0. The number of hydrogen-bond donors (Lipinski definition) is 3. The van der Waals surface area contributed by atoms with E-state index in [4.69, 9.17) is 29.6 Å². The molecule has 0 aliphatic rings. The average Bonchev–Trinajstić information content (AvgIpc) is 2.37. The summed E-state index contributed by atoms with van der Waals surface area (Å²) in [6.45, 7) is 0. The van der Waals surface area contributed by atoms with E-state index in [1.165, 1.54) is 12.1 Å². The number of thiocarbonyl (C=S) groups is 1. The second-order valence-electron chi connectivity index (χ2n) is 4.17. The van der Waals surface area contributed by atoms with Crippen molar-refractivity contribution in [1.82, 2.24) is 0 Å². The third kappa shape index (κ3) is 3.72. The number of nitrogens with one attached hydrogen (secondary N) is 1. The Morgan fingerprint density at radius 1 is 1.24 bits per heavy atom. The summed E-state index contributed by atoms with van der Waals surface area (Å²) in [4.78, 5) is 12.4. The number of hydrogen-bond acceptors (Lipinski definition) is 3. The Labute approximate surface area is 140 Å². The Kier molecular flexibility index (Phi) is 4.82. The molecule has 108 valence electrons. The average molecular weight is 386 g/mol. The predicted molar refractivity (Wildman–Crippen MR) is 91.1 cm³/mol. The minimum absolute atomic E-state index is 0.132. The van der Waals surface area contributed by atoms with Crippen LogP contribution in [-0.2, 0) is 0 Å². The lowest BCUT2D eigenvalue weighted by atomic mass is 10.1. The molecule has 2 rings (SSSR count). The molecule has 0 aromatic heterocycles. The molecule has 0 aliphatic heterocycles. The van der Waals surface area contributed by atoms with Gasteiger partial charge in [-0.2, -0.15) is 0 Å². The molecule has 2 aromatic carbocycles. The number of amides is 1. The summed E-state index contributed by atoms with van der Waals surface area (Å²) in [7, 11) is 0. The van der Waals surface area contributed by atoms with Crippen molar-refractivity contribution < 1.29 is 9.90 Å². The molecule has 0 heterocycles. The first kappa shape index (κ1) is 15.8. The lowest BCUT2D eigenvalue weighted by Gasteiger charge is -2.11. The molecule has 4 N–H and O–H groups in total. The summed E-state index contributed by atoms with van der Waals surface area (Å²) in [6, 6.07) is 9.39. The zero-order valence-corrected chi connectivity index (χ0v) is 13.7. The van der Waals surface area contributed by atoms with Crippen LogP contribution in [0.1, 0.15) is 15.9 Å². The van der Waals surface area contributed by atoms with Gasteiger partial charge < -0.3 is 16.2 Å². The number of rotatable bonds is 3. The molecule has 0 aliphatic carbocycles. The van der Waals surface area contributed by atoms with Crippen LogP contribution in [0.25, 0.3) is 0 Å². The van der Waals surface area contributed by atoms with E-state index in [0.717, 1.165) is 0 Å². The summed E-state index contributed by atoms with van der Waals surface area (Å²) in [5, 5.41) is 12.9. The molecule has 2 aromatic rings. The monoisotopic (exact) mass is 384 g/mol. The van der Waals surface area contributed by atoms with E-state index in [2.05, 4.69) is 21.2 Å². The summed E-state index contributed by atoms with van der Waals surface area (Å²) in [5.41, 5.74) is 6.63. The molecule has 0 atom stereocenters. The summed E-state index contributed by atoms with van der Waals surface area (Å²) in [6.07, 6.45) is 0. The molecule has 0 spiro atoms. The van der Waals surface area contributed by atoms with Crippen LogP contribution in [0.4, 0.5) is 5.69 Å². The molecular weight excluding hydrogens is 376 g/mol. The van der Waals surface area contributed by atoms with E-state index in [1.54, 1.807) is 24.3 Å². The Bertz CT molecular complexity index is 737. The zero-order valence-electron chi connectivity index (χ0n) is 10.6. The maximum Gasteiger partial charge on any atom is 0.259 e. The third-order valence-corrected chi connectivity index (χ3v) is 3.65. The van der Waals surface area contributed by atoms with Crippen LogP contribution in [0.2, 0.25) is 5.02 Å². The molecule has 7 heteroatoms. The van der Waals surface area contributed by atoms with Crippen molar-refractivity contribution in [3.05, 3.63) is 57.0 Å². The minimum Gasteiger partial charge on any atom is -0.507 e. The van der Waals surface area contributed by atoms with E-state index in [0.29, 0.717) is 20.7 Å². The van der Waals surface area contributed by atoms with Gasteiger partial charge in [-0.3, -0.25) is 4.79 Å². The summed E-state index contributed by atoms with van der Waals surface area (Å²) < 4.78 is 0.670. The molecule has 0 bridgehead atoms. The maximum atomic E-state index is 12.2. The van der Waals surface area contributed by atoms with Gasteiger partial charge in [0.2, 0.25) is 0 Å². The van der Waals surface area contributed by atoms with Crippen LogP contribution in [0, 0.1) is 0 Å². The van der Waals surface area contributed by atoms with Crippen molar-refractivity contribution in [1.29, 1.82) is 0 Å². The van der Waals surface area contributed by atoms with E-state index in [1.807, 2.05) is 0 Å². The van der Waals surface area contributed by atoms with Gasteiger partial charge in [-0.1, -0.05) is 39.7 Å². The number of phenolic OH excluding ortho intramolecular Hbond substituents is 1. The van der Waals surface area contributed by atoms with E-state index in [9.17, 15) is 9.90 Å². The molecule has 0 radical (unpaired) electrons. The lowest BCUT2D eigenvalue weighted by Crippen LogP contribution is -2.17. The lowest BCUT2D eigenvalue weighted by molar-refractivity contribution is 0.102. The summed E-state index contributed by atoms with van der Waals surface area (Å²) >= 11 is 14.1. The van der Waals surface area contributed by atoms with Crippen LogP contribution >= 0.6 is 39.7 Å². The van der Waals surface area contributed by atoms with Gasteiger partial charge >= 0.3 is 0 Å². The molecule has 4 nitrogen and oxygen atoms in total. The second-order valence-corrected chi connectivity index (χ2v) is 5.96. The Balaban J connectivity index is 2.35. The highest BCUT2D eigenvalue weighted by molar-refractivity contribution is 9.10. The maximum absolute atomic E-state index is 12.2. The fourth-order valence-corrected chi connectivity index (χ4v) is 2.42. The van der Waals surface area contributed by atoms with Gasteiger partial charge in [0.05, 0.1) is 11.3 Å². The minimum atomic E-state index is -0.486. The molecular formula is C14H10BrClN2O2S. The Morgan fingerprint density at radius 3 is 2.52 bits per heavy atom. The van der Waals surface area contributed by atoms with Gasteiger partial charge in [0.1, 0.15) is 10.7 Å². The van der Waals surface area contributed by atoms with Crippen LogP contribution < -0.4 is 11.1 Å². The molecule has 0 saturated heterocycles. The third-order valence-electron chi connectivity index (χ3n) is 2.70. The SMILES string of the molecule is NC(=S)c1ccc(Cl)cc1NC(=O)c1ccc(Br)cc1O.